The Morgan fingerprint density at radius 2 is 2.14 bits per heavy atom. The highest BCUT2D eigenvalue weighted by Crippen LogP contribution is 2.28. The predicted octanol–water partition coefficient (Wildman–Crippen LogP) is 3.48. The lowest BCUT2D eigenvalue weighted by atomic mass is 9.83. The monoisotopic (exact) mass is 198 g/mol. The van der Waals surface area contributed by atoms with Crippen molar-refractivity contribution in [2.45, 2.75) is 46.5 Å². The van der Waals surface area contributed by atoms with E-state index in [0.717, 1.165) is 19.3 Å². The lowest BCUT2D eigenvalue weighted by Crippen LogP contribution is -2.16. The van der Waals surface area contributed by atoms with Crippen LogP contribution in [-0.4, -0.2) is 11.1 Å². The Balaban J connectivity index is 3.75. The summed E-state index contributed by atoms with van der Waals surface area (Å²) >= 11 is 0. The molecule has 0 rings (SSSR count). The molecule has 0 radical (unpaired) electrons. The van der Waals surface area contributed by atoms with Gasteiger partial charge in [-0.2, -0.15) is 0 Å². The molecule has 0 aromatic heterocycles. The summed E-state index contributed by atoms with van der Waals surface area (Å²) in [4.78, 5) is 10.6. The predicted molar refractivity (Wildman–Crippen MR) is 59.2 cm³/mol. The summed E-state index contributed by atoms with van der Waals surface area (Å²) in [5.74, 6) is -0.164. The molecule has 14 heavy (non-hydrogen) atoms. The van der Waals surface area contributed by atoms with Gasteiger partial charge in [-0.25, -0.2) is 0 Å². The van der Waals surface area contributed by atoms with E-state index in [4.69, 9.17) is 5.11 Å². The van der Waals surface area contributed by atoms with E-state index in [1.54, 1.807) is 0 Å². The summed E-state index contributed by atoms with van der Waals surface area (Å²) in [6.07, 6.45) is 5.36. The third-order valence-corrected chi connectivity index (χ3v) is 2.55. The van der Waals surface area contributed by atoms with Crippen molar-refractivity contribution in [1.29, 1.82) is 0 Å². The first-order chi connectivity index (χ1) is 6.37. The summed E-state index contributed by atoms with van der Waals surface area (Å²) in [6.45, 7) is 9.89. The fraction of sp³-hybridized carbons (Fsp3) is 0.750. The van der Waals surface area contributed by atoms with Gasteiger partial charge in [0.2, 0.25) is 0 Å². The number of rotatable bonds is 7. The Labute approximate surface area is 87.0 Å². The molecule has 2 nitrogen and oxygen atoms in total. The van der Waals surface area contributed by atoms with Gasteiger partial charge in [0.05, 0.1) is 6.42 Å². The molecule has 0 saturated carbocycles. The molecule has 0 heterocycles. The molecule has 0 saturated heterocycles. The van der Waals surface area contributed by atoms with Gasteiger partial charge in [0, 0.05) is 0 Å². The van der Waals surface area contributed by atoms with Crippen LogP contribution in [0.15, 0.2) is 12.7 Å². The van der Waals surface area contributed by atoms with Crippen molar-refractivity contribution in [3.05, 3.63) is 12.7 Å². The maximum atomic E-state index is 10.6. The SMILES string of the molecule is C=CC(C)CCCC(C)(C)CC(=O)O. The molecular weight excluding hydrogens is 176 g/mol. The Morgan fingerprint density at radius 1 is 1.57 bits per heavy atom. The van der Waals surface area contributed by atoms with Crippen LogP contribution in [0.1, 0.15) is 46.5 Å². The number of allylic oxidation sites excluding steroid dienone is 1. The van der Waals surface area contributed by atoms with Crippen molar-refractivity contribution in [3.63, 3.8) is 0 Å². The highest BCUT2D eigenvalue weighted by atomic mass is 16.4. The molecule has 2 heteroatoms. The summed E-state index contributed by atoms with van der Waals surface area (Å²) in [5.41, 5.74) is -0.0767. The molecule has 0 aromatic rings. The summed E-state index contributed by atoms with van der Waals surface area (Å²) in [6, 6.07) is 0. The van der Waals surface area contributed by atoms with Crippen LogP contribution in [0.25, 0.3) is 0 Å². The van der Waals surface area contributed by atoms with E-state index in [2.05, 4.69) is 13.5 Å². The van der Waals surface area contributed by atoms with Gasteiger partial charge in [-0.15, -0.1) is 6.58 Å². The zero-order valence-electron chi connectivity index (χ0n) is 9.55. The van der Waals surface area contributed by atoms with Crippen molar-refractivity contribution in [2.75, 3.05) is 0 Å². The van der Waals surface area contributed by atoms with Gasteiger partial charge < -0.3 is 5.11 Å². The van der Waals surface area contributed by atoms with Crippen molar-refractivity contribution >= 4 is 5.97 Å². The van der Waals surface area contributed by atoms with Crippen LogP contribution in [0.2, 0.25) is 0 Å². The third-order valence-electron chi connectivity index (χ3n) is 2.55. The molecule has 0 spiro atoms. The first-order valence-electron chi connectivity index (χ1n) is 5.22. The van der Waals surface area contributed by atoms with Crippen LogP contribution in [0, 0.1) is 11.3 Å². The molecule has 82 valence electrons. The molecule has 0 amide bonds. The zero-order chi connectivity index (χ0) is 11.2. The summed E-state index contributed by atoms with van der Waals surface area (Å²) in [5, 5.41) is 8.69. The average Bonchev–Trinajstić information content (AvgIpc) is 2.01. The molecule has 0 bridgehead atoms. The third kappa shape index (κ3) is 6.70. The number of carboxylic acid groups (broad SMARTS) is 1. The molecule has 0 aliphatic heterocycles. The average molecular weight is 198 g/mol. The van der Waals surface area contributed by atoms with Gasteiger partial charge in [-0.1, -0.05) is 33.3 Å². The molecule has 0 aliphatic rings. The number of aliphatic carboxylic acids is 1. The lowest BCUT2D eigenvalue weighted by Gasteiger charge is -2.22. The molecule has 0 aliphatic carbocycles. The maximum Gasteiger partial charge on any atom is 0.303 e. The van der Waals surface area contributed by atoms with Gasteiger partial charge in [0.25, 0.3) is 0 Å². The molecule has 0 aromatic carbocycles. The molecular formula is C12H22O2. The lowest BCUT2D eigenvalue weighted by molar-refractivity contribution is -0.139. The summed E-state index contributed by atoms with van der Waals surface area (Å²) < 4.78 is 0. The Bertz CT molecular complexity index is 194. The smallest absolute Gasteiger partial charge is 0.303 e. The fourth-order valence-corrected chi connectivity index (χ4v) is 1.52. The largest absolute Gasteiger partial charge is 0.481 e. The second-order valence-electron chi connectivity index (χ2n) is 4.84. The Hall–Kier alpha value is -0.790. The maximum absolute atomic E-state index is 10.6. The van der Waals surface area contributed by atoms with Gasteiger partial charge in [-0.3, -0.25) is 4.79 Å². The van der Waals surface area contributed by atoms with E-state index in [-0.39, 0.29) is 11.8 Å². The number of carboxylic acids is 1. The van der Waals surface area contributed by atoms with Crippen molar-refractivity contribution in [2.24, 2.45) is 11.3 Å². The summed E-state index contributed by atoms with van der Waals surface area (Å²) in [7, 11) is 0. The van der Waals surface area contributed by atoms with Crippen molar-refractivity contribution in [1.82, 2.24) is 0 Å². The second-order valence-corrected chi connectivity index (χ2v) is 4.84. The molecule has 1 N–H and O–H groups in total. The van der Waals surface area contributed by atoms with E-state index >= 15 is 0 Å². The van der Waals surface area contributed by atoms with Crippen molar-refractivity contribution < 1.29 is 9.90 Å². The van der Waals surface area contributed by atoms with Gasteiger partial charge >= 0.3 is 5.97 Å². The van der Waals surface area contributed by atoms with Gasteiger partial charge in [0.15, 0.2) is 0 Å². The van der Waals surface area contributed by atoms with Crippen LogP contribution in [-0.2, 0) is 4.79 Å². The first-order valence-corrected chi connectivity index (χ1v) is 5.22. The molecule has 1 unspecified atom stereocenters. The first kappa shape index (κ1) is 13.2. The quantitative estimate of drug-likeness (QED) is 0.636. The normalized spacial score (nSPS) is 13.6. The Morgan fingerprint density at radius 3 is 2.57 bits per heavy atom. The second kappa shape index (κ2) is 5.84. The minimum Gasteiger partial charge on any atom is -0.481 e. The minimum absolute atomic E-state index is 0.0767. The molecule has 0 fully saturated rings. The number of carbonyl (C=O) groups is 1. The highest BCUT2D eigenvalue weighted by Gasteiger charge is 2.21. The van der Waals surface area contributed by atoms with Crippen LogP contribution >= 0.6 is 0 Å². The van der Waals surface area contributed by atoms with Gasteiger partial charge in [0.1, 0.15) is 0 Å². The van der Waals surface area contributed by atoms with Crippen LogP contribution in [0.5, 0.6) is 0 Å². The topological polar surface area (TPSA) is 37.3 Å². The Kier molecular flexibility index (Phi) is 5.51. The minimum atomic E-state index is -0.702. The zero-order valence-corrected chi connectivity index (χ0v) is 9.55. The van der Waals surface area contributed by atoms with Crippen LogP contribution < -0.4 is 0 Å². The highest BCUT2D eigenvalue weighted by molar-refractivity contribution is 5.67. The number of hydrogen-bond donors (Lipinski definition) is 1. The standard InChI is InChI=1S/C12H22O2/c1-5-10(2)7-6-8-12(3,4)9-11(13)14/h5,10H,1,6-9H2,2-4H3,(H,13,14). The van der Waals surface area contributed by atoms with E-state index < -0.39 is 5.97 Å². The van der Waals surface area contributed by atoms with E-state index in [1.165, 1.54) is 0 Å². The fourth-order valence-electron chi connectivity index (χ4n) is 1.52. The van der Waals surface area contributed by atoms with E-state index in [1.807, 2.05) is 19.9 Å². The van der Waals surface area contributed by atoms with E-state index in [9.17, 15) is 4.79 Å². The van der Waals surface area contributed by atoms with Gasteiger partial charge in [-0.05, 0) is 24.2 Å². The van der Waals surface area contributed by atoms with Crippen molar-refractivity contribution in [3.8, 4) is 0 Å². The molecule has 1 atom stereocenters. The van der Waals surface area contributed by atoms with Crippen LogP contribution in [0.4, 0.5) is 0 Å². The number of hydrogen-bond acceptors (Lipinski definition) is 1. The van der Waals surface area contributed by atoms with Crippen LogP contribution in [0.3, 0.4) is 0 Å². The van der Waals surface area contributed by atoms with E-state index in [0.29, 0.717) is 5.92 Å².